The lowest BCUT2D eigenvalue weighted by molar-refractivity contribution is 0.219. The summed E-state index contributed by atoms with van der Waals surface area (Å²) in [4.78, 5) is 0. The van der Waals surface area contributed by atoms with Crippen molar-refractivity contribution in [3.8, 4) is 0 Å². The van der Waals surface area contributed by atoms with Gasteiger partial charge in [0, 0.05) is 6.54 Å². The van der Waals surface area contributed by atoms with E-state index >= 15 is 0 Å². The molecule has 0 bridgehead atoms. The van der Waals surface area contributed by atoms with Gasteiger partial charge in [0.15, 0.2) is 0 Å². The number of benzene rings is 1. The molecule has 1 fully saturated rings. The second-order valence-corrected chi connectivity index (χ2v) is 8.24. The molecule has 1 aromatic carbocycles. The summed E-state index contributed by atoms with van der Waals surface area (Å²) in [5.74, 6) is -0.0308. The SMILES string of the molecule is CC1(CNS(=O)(=O)Cc2cccc(CO)c2)CCCCC1. The minimum absolute atomic E-state index is 0.0308. The monoisotopic (exact) mass is 311 g/mol. The van der Waals surface area contributed by atoms with E-state index in [2.05, 4.69) is 11.6 Å². The maximum absolute atomic E-state index is 12.2. The minimum Gasteiger partial charge on any atom is -0.392 e. The van der Waals surface area contributed by atoms with Crippen molar-refractivity contribution in [3.63, 3.8) is 0 Å². The number of aliphatic hydroxyl groups is 1. The third-order valence-corrected chi connectivity index (χ3v) is 5.61. The average molecular weight is 311 g/mol. The molecule has 0 unspecified atom stereocenters. The van der Waals surface area contributed by atoms with Crippen LogP contribution in [0.25, 0.3) is 0 Å². The molecule has 2 rings (SSSR count). The van der Waals surface area contributed by atoms with Crippen LogP contribution in [0.15, 0.2) is 24.3 Å². The third-order valence-electron chi connectivity index (χ3n) is 4.31. The van der Waals surface area contributed by atoms with Gasteiger partial charge in [-0.2, -0.15) is 0 Å². The van der Waals surface area contributed by atoms with Crippen LogP contribution in [0.3, 0.4) is 0 Å². The van der Waals surface area contributed by atoms with E-state index in [0.29, 0.717) is 12.1 Å². The highest BCUT2D eigenvalue weighted by Gasteiger charge is 2.28. The van der Waals surface area contributed by atoms with E-state index in [1.807, 2.05) is 0 Å². The molecule has 0 heterocycles. The fourth-order valence-electron chi connectivity index (χ4n) is 2.95. The molecule has 1 aliphatic carbocycles. The zero-order valence-corrected chi connectivity index (χ0v) is 13.5. The first-order valence-corrected chi connectivity index (χ1v) is 9.24. The normalized spacial score (nSPS) is 18.6. The van der Waals surface area contributed by atoms with E-state index < -0.39 is 10.0 Å². The molecule has 1 aliphatic rings. The third kappa shape index (κ3) is 5.09. The van der Waals surface area contributed by atoms with E-state index in [1.165, 1.54) is 19.3 Å². The first-order chi connectivity index (χ1) is 9.92. The maximum atomic E-state index is 12.2. The number of hydrogen-bond donors (Lipinski definition) is 2. The molecule has 0 saturated heterocycles. The Morgan fingerprint density at radius 3 is 2.52 bits per heavy atom. The van der Waals surface area contributed by atoms with E-state index in [1.54, 1.807) is 24.3 Å². The van der Waals surface area contributed by atoms with Crippen LogP contribution in [0.4, 0.5) is 0 Å². The highest BCUT2D eigenvalue weighted by atomic mass is 32.2. The molecule has 1 aromatic rings. The Morgan fingerprint density at radius 1 is 1.19 bits per heavy atom. The van der Waals surface area contributed by atoms with Gasteiger partial charge in [0.05, 0.1) is 12.4 Å². The van der Waals surface area contributed by atoms with E-state index in [4.69, 9.17) is 5.11 Å². The van der Waals surface area contributed by atoms with Gasteiger partial charge in [-0.3, -0.25) is 0 Å². The van der Waals surface area contributed by atoms with Crippen molar-refractivity contribution >= 4 is 10.0 Å². The van der Waals surface area contributed by atoms with Gasteiger partial charge >= 0.3 is 0 Å². The van der Waals surface area contributed by atoms with Crippen molar-refractivity contribution in [2.45, 2.75) is 51.4 Å². The standard InChI is InChI=1S/C16H25NO3S/c1-16(8-3-2-4-9-16)13-17-21(19,20)12-15-7-5-6-14(10-15)11-18/h5-7,10,17-18H,2-4,8-9,11-13H2,1H3. The van der Waals surface area contributed by atoms with Crippen molar-refractivity contribution < 1.29 is 13.5 Å². The van der Waals surface area contributed by atoms with Crippen LogP contribution in [0.1, 0.15) is 50.2 Å². The first-order valence-electron chi connectivity index (χ1n) is 7.59. The van der Waals surface area contributed by atoms with Crippen LogP contribution in [0.2, 0.25) is 0 Å². The number of aliphatic hydroxyl groups excluding tert-OH is 1. The lowest BCUT2D eigenvalue weighted by atomic mass is 9.76. The van der Waals surface area contributed by atoms with Gasteiger partial charge in [0.25, 0.3) is 0 Å². The molecule has 0 radical (unpaired) electrons. The van der Waals surface area contributed by atoms with Crippen molar-refractivity contribution in [2.24, 2.45) is 5.41 Å². The molecular formula is C16H25NO3S. The molecule has 4 nitrogen and oxygen atoms in total. The molecule has 0 atom stereocenters. The summed E-state index contributed by atoms with van der Waals surface area (Å²) in [7, 11) is -3.33. The van der Waals surface area contributed by atoms with E-state index in [9.17, 15) is 8.42 Å². The largest absolute Gasteiger partial charge is 0.392 e. The van der Waals surface area contributed by atoms with Crippen LogP contribution < -0.4 is 4.72 Å². The summed E-state index contributed by atoms with van der Waals surface area (Å²) in [6.07, 6.45) is 5.83. The fourth-order valence-corrected chi connectivity index (χ4v) is 4.24. The summed E-state index contributed by atoms with van der Waals surface area (Å²) in [5, 5.41) is 9.10. The highest BCUT2D eigenvalue weighted by Crippen LogP contribution is 2.35. The molecule has 0 amide bonds. The molecule has 118 valence electrons. The number of hydrogen-bond acceptors (Lipinski definition) is 3. The molecular weight excluding hydrogens is 286 g/mol. The van der Waals surface area contributed by atoms with Gasteiger partial charge in [0.1, 0.15) is 0 Å². The second-order valence-electron chi connectivity index (χ2n) is 6.43. The average Bonchev–Trinajstić information content (AvgIpc) is 2.46. The van der Waals surface area contributed by atoms with Crippen LogP contribution in [-0.4, -0.2) is 20.1 Å². The van der Waals surface area contributed by atoms with Gasteiger partial charge in [-0.15, -0.1) is 0 Å². The van der Waals surface area contributed by atoms with Crippen LogP contribution in [0.5, 0.6) is 0 Å². The van der Waals surface area contributed by atoms with E-state index in [0.717, 1.165) is 18.4 Å². The van der Waals surface area contributed by atoms with Crippen LogP contribution in [-0.2, 0) is 22.4 Å². The summed E-state index contributed by atoms with van der Waals surface area (Å²) >= 11 is 0. The van der Waals surface area contributed by atoms with Crippen molar-refractivity contribution in [3.05, 3.63) is 35.4 Å². The van der Waals surface area contributed by atoms with Gasteiger partial charge in [-0.25, -0.2) is 13.1 Å². The Hall–Kier alpha value is -0.910. The lowest BCUT2D eigenvalue weighted by Gasteiger charge is -2.33. The topological polar surface area (TPSA) is 66.4 Å². The Kier molecular flexibility index (Phi) is 5.41. The summed E-state index contributed by atoms with van der Waals surface area (Å²) in [5.41, 5.74) is 1.54. The molecule has 1 saturated carbocycles. The van der Waals surface area contributed by atoms with Gasteiger partial charge in [-0.05, 0) is 29.4 Å². The van der Waals surface area contributed by atoms with Crippen LogP contribution >= 0.6 is 0 Å². The van der Waals surface area contributed by atoms with Crippen molar-refractivity contribution in [2.75, 3.05) is 6.54 Å². The Balaban J connectivity index is 1.95. The maximum Gasteiger partial charge on any atom is 0.215 e. The van der Waals surface area contributed by atoms with Gasteiger partial charge in [0.2, 0.25) is 10.0 Å². The number of nitrogens with one attached hydrogen (secondary N) is 1. The predicted octanol–water partition coefficient (Wildman–Crippen LogP) is 2.57. The fraction of sp³-hybridized carbons (Fsp3) is 0.625. The summed E-state index contributed by atoms with van der Waals surface area (Å²) < 4.78 is 27.2. The minimum atomic E-state index is -3.33. The van der Waals surface area contributed by atoms with Gasteiger partial charge < -0.3 is 5.11 Å². The molecule has 0 aromatic heterocycles. The highest BCUT2D eigenvalue weighted by molar-refractivity contribution is 7.88. The van der Waals surface area contributed by atoms with E-state index in [-0.39, 0.29) is 17.8 Å². The zero-order chi connectivity index (χ0) is 15.3. The Morgan fingerprint density at radius 2 is 1.86 bits per heavy atom. The second kappa shape index (κ2) is 6.90. The first kappa shape index (κ1) is 16.5. The molecule has 5 heteroatoms. The smallest absolute Gasteiger partial charge is 0.215 e. The molecule has 2 N–H and O–H groups in total. The van der Waals surface area contributed by atoms with Crippen LogP contribution in [0, 0.1) is 5.41 Å². The van der Waals surface area contributed by atoms with Gasteiger partial charge in [-0.1, -0.05) is 50.5 Å². The number of sulfonamides is 1. The molecule has 21 heavy (non-hydrogen) atoms. The summed E-state index contributed by atoms with van der Waals surface area (Å²) in [6.45, 7) is 2.62. The Labute approximate surface area is 127 Å². The summed E-state index contributed by atoms with van der Waals surface area (Å²) in [6, 6.07) is 7.08. The Bertz CT molecular complexity index is 563. The zero-order valence-electron chi connectivity index (χ0n) is 12.6. The quantitative estimate of drug-likeness (QED) is 0.848. The lowest BCUT2D eigenvalue weighted by Crippen LogP contribution is -2.37. The van der Waals surface area contributed by atoms with Crippen molar-refractivity contribution in [1.29, 1.82) is 0 Å². The molecule has 0 spiro atoms. The molecule has 0 aliphatic heterocycles. The van der Waals surface area contributed by atoms with Crippen molar-refractivity contribution in [1.82, 2.24) is 4.72 Å². The predicted molar refractivity (Wildman–Crippen MR) is 84.2 cm³/mol. The number of rotatable bonds is 6.